The second-order valence-electron chi connectivity index (χ2n) is 5.16. The van der Waals surface area contributed by atoms with Gasteiger partial charge in [0.05, 0.1) is 12.4 Å². The first kappa shape index (κ1) is 15.7. The van der Waals surface area contributed by atoms with Gasteiger partial charge in [-0.05, 0) is 49.4 Å². The Morgan fingerprint density at radius 2 is 1.78 bits per heavy atom. The monoisotopic (exact) mass is 330 g/mol. The maximum Gasteiger partial charge on any atom is 0.175 e. The SMILES string of the molecule is COc1ccc(C(=O)[C@@H](C)Sc2ccc3c(c2)OCCO3)cc1. The molecule has 0 radical (unpaired) electrons. The van der Waals surface area contributed by atoms with Gasteiger partial charge in [0.15, 0.2) is 17.3 Å². The van der Waals surface area contributed by atoms with E-state index in [4.69, 9.17) is 14.2 Å². The van der Waals surface area contributed by atoms with Crippen LogP contribution in [0.2, 0.25) is 0 Å². The molecule has 5 heteroatoms. The van der Waals surface area contributed by atoms with Crippen LogP contribution in [0.4, 0.5) is 0 Å². The Bertz CT molecular complexity index is 697. The number of fused-ring (bicyclic) bond motifs is 1. The van der Waals surface area contributed by atoms with Crippen molar-refractivity contribution >= 4 is 17.5 Å². The van der Waals surface area contributed by atoms with Crippen LogP contribution < -0.4 is 14.2 Å². The first-order valence-electron chi connectivity index (χ1n) is 7.42. The fourth-order valence-electron chi connectivity index (χ4n) is 2.34. The predicted molar refractivity (Wildman–Crippen MR) is 90.1 cm³/mol. The third kappa shape index (κ3) is 3.62. The van der Waals surface area contributed by atoms with Crippen LogP contribution in [0.25, 0.3) is 0 Å². The summed E-state index contributed by atoms with van der Waals surface area (Å²) in [4.78, 5) is 13.5. The number of rotatable bonds is 5. The molecule has 1 aliphatic heterocycles. The number of ketones is 1. The number of carbonyl (C=O) groups is 1. The van der Waals surface area contributed by atoms with Crippen LogP contribution in [0.5, 0.6) is 17.2 Å². The molecule has 1 heterocycles. The van der Waals surface area contributed by atoms with Gasteiger partial charge in [0, 0.05) is 10.5 Å². The molecule has 0 bridgehead atoms. The molecule has 1 aliphatic rings. The quantitative estimate of drug-likeness (QED) is 0.616. The van der Waals surface area contributed by atoms with Crippen molar-refractivity contribution in [2.45, 2.75) is 17.1 Å². The number of hydrogen-bond donors (Lipinski definition) is 0. The Hall–Kier alpha value is -2.14. The molecule has 3 rings (SSSR count). The van der Waals surface area contributed by atoms with Crippen LogP contribution in [-0.2, 0) is 0 Å². The Balaban J connectivity index is 1.70. The van der Waals surface area contributed by atoms with Crippen LogP contribution >= 0.6 is 11.8 Å². The highest BCUT2D eigenvalue weighted by molar-refractivity contribution is 8.00. The summed E-state index contributed by atoms with van der Waals surface area (Å²) < 4.78 is 16.2. The van der Waals surface area contributed by atoms with Crippen molar-refractivity contribution in [2.75, 3.05) is 20.3 Å². The maximum atomic E-state index is 12.5. The summed E-state index contributed by atoms with van der Waals surface area (Å²) in [7, 11) is 1.61. The number of benzene rings is 2. The zero-order valence-electron chi connectivity index (χ0n) is 13.1. The Morgan fingerprint density at radius 3 is 2.48 bits per heavy atom. The van der Waals surface area contributed by atoms with E-state index >= 15 is 0 Å². The van der Waals surface area contributed by atoms with Crippen LogP contribution in [-0.4, -0.2) is 31.4 Å². The van der Waals surface area contributed by atoms with E-state index in [1.54, 1.807) is 31.4 Å². The van der Waals surface area contributed by atoms with E-state index in [1.165, 1.54) is 11.8 Å². The van der Waals surface area contributed by atoms with Crippen molar-refractivity contribution in [1.82, 2.24) is 0 Å². The van der Waals surface area contributed by atoms with Crippen molar-refractivity contribution in [3.63, 3.8) is 0 Å². The number of ether oxygens (including phenoxy) is 3. The molecule has 0 aliphatic carbocycles. The molecule has 120 valence electrons. The van der Waals surface area contributed by atoms with Gasteiger partial charge in [-0.25, -0.2) is 0 Å². The van der Waals surface area contributed by atoms with Crippen molar-refractivity contribution in [1.29, 1.82) is 0 Å². The first-order valence-corrected chi connectivity index (χ1v) is 8.30. The van der Waals surface area contributed by atoms with Crippen molar-refractivity contribution < 1.29 is 19.0 Å². The van der Waals surface area contributed by atoms with Crippen molar-refractivity contribution in [3.05, 3.63) is 48.0 Å². The van der Waals surface area contributed by atoms with Gasteiger partial charge in [0.2, 0.25) is 0 Å². The molecule has 0 unspecified atom stereocenters. The van der Waals surface area contributed by atoms with Gasteiger partial charge >= 0.3 is 0 Å². The third-order valence-electron chi connectivity index (χ3n) is 3.57. The summed E-state index contributed by atoms with van der Waals surface area (Å²) in [5.41, 5.74) is 0.684. The van der Waals surface area contributed by atoms with Gasteiger partial charge in [-0.15, -0.1) is 11.8 Å². The summed E-state index contributed by atoms with van der Waals surface area (Å²) in [5, 5.41) is -0.189. The zero-order valence-corrected chi connectivity index (χ0v) is 13.9. The van der Waals surface area contributed by atoms with Gasteiger partial charge in [0.25, 0.3) is 0 Å². The molecular formula is C18H18O4S. The van der Waals surface area contributed by atoms with Crippen LogP contribution in [0.3, 0.4) is 0 Å². The van der Waals surface area contributed by atoms with E-state index in [9.17, 15) is 4.79 Å². The van der Waals surface area contributed by atoms with Gasteiger partial charge in [-0.3, -0.25) is 4.79 Å². The lowest BCUT2D eigenvalue weighted by Crippen LogP contribution is -2.15. The fraction of sp³-hybridized carbons (Fsp3) is 0.278. The molecule has 0 aromatic heterocycles. The normalized spacial score (nSPS) is 14.2. The summed E-state index contributed by atoms with van der Waals surface area (Å²) in [6.07, 6.45) is 0. The molecule has 4 nitrogen and oxygen atoms in total. The minimum Gasteiger partial charge on any atom is -0.497 e. The van der Waals surface area contributed by atoms with Gasteiger partial charge in [-0.2, -0.15) is 0 Å². The lowest BCUT2D eigenvalue weighted by molar-refractivity contribution is 0.0994. The van der Waals surface area contributed by atoms with E-state index in [0.717, 1.165) is 22.1 Å². The maximum absolute atomic E-state index is 12.5. The average Bonchev–Trinajstić information content (AvgIpc) is 2.61. The fourth-order valence-corrected chi connectivity index (χ4v) is 3.32. The van der Waals surface area contributed by atoms with E-state index in [-0.39, 0.29) is 11.0 Å². The third-order valence-corrected chi connectivity index (χ3v) is 4.66. The summed E-state index contributed by atoms with van der Waals surface area (Å²) in [6.45, 7) is 3.04. The minimum atomic E-state index is -0.189. The molecular weight excluding hydrogens is 312 g/mol. The van der Waals surface area contributed by atoms with E-state index in [1.807, 2.05) is 25.1 Å². The number of Topliss-reactive ketones (excluding diaryl/α,β-unsaturated/α-hetero) is 1. The highest BCUT2D eigenvalue weighted by atomic mass is 32.2. The van der Waals surface area contributed by atoms with E-state index < -0.39 is 0 Å². The van der Waals surface area contributed by atoms with Crippen molar-refractivity contribution in [3.8, 4) is 17.2 Å². The number of thioether (sulfide) groups is 1. The molecule has 0 N–H and O–H groups in total. The topological polar surface area (TPSA) is 44.8 Å². The molecule has 2 aromatic carbocycles. The summed E-state index contributed by atoms with van der Waals surface area (Å²) in [6, 6.07) is 13.0. The minimum absolute atomic E-state index is 0.0903. The lowest BCUT2D eigenvalue weighted by atomic mass is 10.1. The van der Waals surface area contributed by atoms with Gasteiger partial charge < -0.3 is 14.2 Å². The Labute approximate surface area is 139 Å². The van der Waals surface area contributed by atoms with E-state index in [0.29, 0.717) is 18.8 Å². The van der Waals surface area contributed by atoms with Crippen LogP contribution in [0.1, 0.15) is 17.3 Å². The molecule has 0 spiro atoms. The Morgan fingerprint density at radius 1 is 1.09 bits per heavy atom. The second-order valence-corrected chi connectivity index (χ2v) is 6.57. The molecule has 23 heavy (non-hydrogen) atoms. The zero-order chi connectivity index (χ0) is 16.2. The smallest absolute Gasteiger partial charge is 0.175 e. The molecule has 0 saturated carbocycles. The number of hydrogen-bond acceptors (Lipinski definition) is 5. The predicted octanol–water partition coefficient (Wildman–Crippen LogP) is 3.83. The van der Waals surface area contributed by atoms with Crippen molar-refractivity contribution in [2.24, 2.45) is 0 Å². The highest BCUT2D eigenvalue weighted by Gasteiger charge is 2.18. The standard InChI is InChI=1S/C18H18O4S/c1-12(18(19)13-3-5-14(20-2)6-4-13)23-15-7-8-16-17(11-15)22-10-9-21-16/h3-8,11-12H,9-10H2,1-2H3/t12-/m1/s1. The van der Waals surface area contributed by atoms with Crippen LogP contribution in [0, 0.1) is 0 Å². The lowest BCUT2D eigenvalue weighted by Gasteiger charge is -2.19. The molecule has 1 atom stereocenters. The van der Waals surface area contributed by atoms with Crippen LogP contribution in [0.15, 0.2) is 47.4 Å². The molecule has 2 aromatic rings. The number of carbonyl (C=O) groups excluding carboxylic acids is 1. The molecule has 0 amide bonds. The highest BCUT2D eigenvalue weighted by Crippen LogP contribution is 2.36. The van der Waals surface area contributed by atoms with Gasteiger partial charge in [0.1, 0.15) is 19.0 Å². The number of methoxy groups -OCH3 is 1. The molecule has 0 saturated heterocycles. The van der Waals surface area contributed by atoms with E-state index in [2.05, 4.69) is 0 Å². The Kier molecular flexibility index (Phi) is 4.76. The average molecular weight is 330 g/mol. The second kappa shape index (κ2) is 6.96. The largest absolute Gasteiger partial charge is 0.497 e. The molecule has 0 fully saturated rings. The summed E-state index contributed by atoms with van der Waals surface area (Å²) in [5.74, 6) is 2.33. The van der Waals surface area contributed by atoms with Gasteiger partial charge in [-0.1, -0.05) is 0 Å². The summed E-state index contributed by atoms with van der Waals surface area (Å²) >= 11 is 1.51. The first-order chi connectivity index (χ1) is 11.2.